The summed E-state index contributed by atoms with van der Waals surface area (Å²) in [4.78, 5) is 24.7. The number of hydrogen-bond acceptors (Lipinski definition) is 4. The molecule has 0 unspecified atom stereocenters. The van der Waals surface area contributed by atoms with E-state index < -0.39 is 23.1 Å². The monoisotopic (exact) mass is 262 g/mol. The fourth-order valence-corrected chi connectivity index (χ4v) is 2.19. The molecule has 0 spiro atoms. The maximum absolute atomic E-state index is 12.3. The van der Waals surface area contributed by atoms with E-state index in [0.717, 1.165) is 0 Å². The molecule has 0 atom stereocenters. The Hall–Kier alpha value is -1.84. The van der Waals surface area contributed by atoms with Crippen molar-refractivity contribution in [1.82, 2.24) is 0 Å². The quantitative estimate of drug-likeness (QED) is 0.620. The van der Waals surface area contributed by atoms with Gasteiger partial charge in [0.15, 0.2) is 5.41 Å². The summed E-state index contributed by atoms with van der Waals surface area (Å²) in [5.41, 5.74) is -0.791. The molecule has 102 valence electrons. The van der Waals surface area contributed by atoms with Crippen LogP contribution in [0.15, 0.2) is 30.3 Å². The summed E-state index contributed by atoms with van der Waals surface area (Å²) in [5, 5.41) is 0. The molecule has 4 heteroatoms. The molecule has 0 saturated carbocycles. The van der Waals surface area contributed by atoms with Crippen molar-refractivity contribution in [2.75, 3.05) is 0 Å². The minimum absolute atomic E-state index is 0.450. The van der Waals surface area contributed by atoms with Gasteiger partial charge in [-0.1, -0.05) is 44.2 Å². The molecule has 2 rings (SSSR count). The van der Waals surface area contributed by atoms with Gasteiger partial charge in [0.1, 0.15) is 0 Å². The highest BCUT2D eigenvalue weighted by molar-refractivity contribution is 6.07. The van der Waals surface area contributed by atoms with Gasteiger partial charge in [0.25, 0.3) is 5.79 Å². The van der Waals surface area contributed by atoms with E-state index in [1.165, 1.54) is 0 Å². The third-order valence-electron chi connectivity index (χ3n) is 3.80. The molecule has 0 N–H and O–H groups in total. The van der Waals surface area contributed by atoms with Gasteiger partial charge in [0.2, 0.25) is 0 Å². The molecule has 4 nitrogen and oxygen atoms in total. The second-order valence-electron chi connectivity index (χ2n) is 4.89. The van der Waals surface area contributed by atoms with Crippen molar-refractivity contribution in [2.24, 2.45) is 0 Å². The Morgan fingerprint density at radius 3 is 1.84 bits per heavy atom. The molecular weight excluding hydrogens is 244 g/mol. The normalized spacial score (nSPS) is 20.6. The second kappa shape index (κ2) is 4.68. The van der Waals surface area contributed by atoms with Crippen molar-refractivity contribution in [3.05, 3.63) is 35.9 Å². The number of cyclic esters (lactones) is 2. The lowest BCUT2D eigenvalue weighted by molar-refractivity contribution is -0.256. The molecule has 0 aromatic heterocycles. The third-order valence-corrected chi connectivity index (χ3v) is 3.80. The second-order valence-corrected chi connectivity index (χ2v) is 4.89. The fraction of sp³-hybridized carbons (Fsp3) is 0.467. The number of esters is 2. The molecule has 1 fully saturated rings. The van der Waals surface area contributed by atoms with Gasteiger partial charge in [-0.2, -0.15) is 0 Å². The lowest BCUT2D eigenvalue weighted by Crippen LogP contribution is -2.56. The Labute approximate surface area is 112 Å². The molecule has 1 aliphatic heterocycles. The van der Waals surface area contributed by atoms with Crippen molar-refractivity contribution >= 4 is 11.9 Å². The predicted molar refractivity (Wildman–Crippen MR) is 69.3 cm³/mol. The van der Waals surface area contributed by atoms with Crippen LogP contribution in [-0.4, -0.2) is 17.7 Å². The standard InChI is InChI=1S/C15H18O4/c1-4-15(5-2)18-12(16)14(3,13(17)19-15)11-9-7-6-8-10-11/h6-10H,4-5H2,1-3H3. The molecule has 1 saturated heterocycles. The number of benzene rings is 1. The Bertz CT molecular complexity index is 468. The topological polar surface area (TPSA) is 52.6 Å². The first-order valence-electron chi connectivity index (χ1n) is 6.51. The zero-order chi connectivity index (χ0) is 14.1. The highest BCUT2D eigenvalue weighted by atomic mass is 16.7. The first-order valence-corrected chi connectivity index (χ1v) is 6.51. The fourth-order valence-electron chi connectivity index (χ4n) is 2.19. The van der Waals surface area contributed by atoms with Crippen molar-refractivity contribution in [1.29, 1.82) is 0 Å². The maximum atomic E-state index is 12.3. The Morgan fingerprint density at radius 1 is 0.947 bits per heavy atom. The largest absolute Gasteiger partial charge is 0.421 e. The van der Waals surface area contributed by atoms with E-state index in [2.05, 4.69) is 0 Å². The van der Waals surface area contributed by atoms with Gasteiger partial charge in [-0.3, -0.25) is 9.59 Å². The number of carbonyl (C=O) groups is 2. The minimum atomic E-state index is -1.38. The summed E-state index contributed by atoms with van der Waals surface area (Å²) >= 11 is 0. The Morgan fingerprint density at radius 2 is 1.42 bits per heavy atom. The van der Waals surface area contributed by atoms with Crippen LogP contribution in [0, 0.1) is 0 Å². The molecule has 1 aromatic carbocycles. The van der Waals surface area contributed by atoms with Crippen LogP contribution in [-0.2, 0) is 24.5 Å². The van der Waals surface area contributed by atoms with Gasteiger partial charge >= 0.3 is 11.9 Å². The molecule has 0 amide bonds. The summed E-state index contributed by atoms with van der Waals surface area (Å²) in [5.74, 6) is -2.19. The number of carbonyl (C=O) groups excluding carboxylic acids is 2. The Balaban J connectivity index is 2.41. The zero-order valence-corrected chi connectivity index (χ0v) is 11.4. The van der Waals surface area contributed by atoms with Crippen LogP contribution < -0.4 is 0 Å². The van der Waals surface area contributed by atoms with Crippen LogP contribution in [0.1, 0.15) is 39.2 Å². The van der Waals surface area contributed by atoms with Crippen LogP contribution in [0.2, 0.25) is 0 Å². The van der Waals surface area contributed by atoms with Crippen LogP contribution in [0.3, 0.4) is 0 Å². The third kappa shape index (κ3) is 2.01. The summed E-state index contributed by atoms with van der Waals surface area (Å²) in [6, 6.07) is 8.85. The summed E-state index contributed by atoms with van der Waals surface area (Å²) < 4.78 is 10.9. The molecular formula is C15H18O4. The number of rotatable bonds is 3. The molecule has 1 heterocycles. The number of ether oxygens (including phenoxy) is 2. The van der Waals surface area contributed by atoms with E-state index >= 15 is 0 Å². The van der Waals surface area contributed by atoms with E-state index in [1.807, 2.05) is 19.9 Å². The van der Waals surface area contributed by atoms with E-state index in [4.69, 9.17) is 9.47 Å². The van der Waals surface area contributed by atoms with Gasteiger partial charge in [-0.25, -0.2) is 0 Å². The van der Waals surface area contributed by atoms with Crippen molar-refractivity contribution < 1.29 is 19.1 Å². The van der Waals surface area contributed by atoms with Gasteiger partial charge in [0.05, 0.1) is 0 Å². The summed E-state index contributed by atoms with van der Waals surface area (Å²) in [7, 11) is 0. The first-order chi connectivity index (χ1) is 8.98. The average molecular weight is 262 g/mol. The minimum Gasteiger partial charge on any atom is -0.421 e. The van der Waals surface area contributed by atoms with Crippen LogP contribution >= 0.6 is 0 Å². The predicted octanol–water partition coefficient (Wildman–Crippen LogP) is 2.56. The van der Waals surface area contributed by atoms with Crippen LogP contribution in [0.25, 0.3) is 0 Å². The van der Waals surface area contributed by atoms with Crippen molar-refractivity contribution in [2.45, 2.75) is 44.8 Å². The van der Waals surface area contributed by atoms with Gasteiger partial charge in [-0.05, 0) is 12.5 Å². The van der Waals surface area contributed by atoms with Gasteiger partial charge in [-0.15, -0.1) is 0 Å². The SMILES string of the molecule is CCC1(CC)OC(=O)C(C)(c2ccccc2)C(=O)O1. The zero-order valence-electron chi connectivity index (χ0n) is 11.4. The van der Waals surface area contributed by atoms with Crippen LogP contribution in [0.4, 0.5) is 0 Å². The molecule has 0 bridgehead atoms. The summed E-state index contributed by atoms with van der Waals surface area (Å²) in [6.45, 7) is 5.20. The van der Waals surface area contributed by atoms with Gasteiger partial charge in [0, 0.05) is 12.8 Å². The number of hydrogen-bond donors (Lipinski definition) is 0. The van der Waals surface area contributed by atoms with E-state index in [0.29, 0.717) is 18.4 Å². The molecule has 1 aliphatic rings. The lowest BCUT2D eigenvalue weighted by Gasteiger charge is -2.41. The highest BCUT2D eigenvalue weighted by Gasteiger charge is 2.55. The van der Waals surface area contributed by atoms with E-state index in [-0.39, 0.29) is 0 Å². The molecule has 0 aliphatic carbocycles. The van der Waals surface area contributed by atoms with Crippen molar-refractivity contribution in [3.8, 4) is 0 Å². The molecule has 19 heavy (non-hydrogen) atoms. The smallest absolute Gasteiger partial charge is 0.331 e. The van der Waals surface area contributed by atoms with E-state index in [1.54, 1.807) is 31.2 Å². The highest BCUT2D eigenvalue weighted by Crippen LogP contribution is 2.38. The van der Waals surface area contributed by atoms with E-state index in [9.17, 15) is 9.59 Å². The van der Waals surface area contributed by atoms with Crippen molar-refractivity contribution in [3.63, 3.8) is 0 Å². The average Bonchev–Trinajstić information content (AvgIpc) is 2.45. The maximum Gasteiger partial charge on any atom is 0.331 e. The summed E-state index contributed by atoms with van der Waals surface area (Å²) in [6.07, 6.45) is 0.900. The Kier molecular flexibility index (Phi) is 3.35. The molecule has 1 aromatic rings. The van der Waals surface area contributed by atoms with Gasteiger partial charge < -0.3 is 9.47 Å². The molecule has 0 radical (unpaired) electrons. The first kappa shape index (κ1) is 13.6. The lowest BCUT2D eigenvalue weighted by atomic mass is 9.81. The van der Waals surface area contributed by atoms with Crippen LogP contribution in [0.5, 0.6) is 0 Å².